The minimum atomic E-state index is -0.167. The fraction of sp³-hybridized carbons (Fsp3) is 0.394. The molecule has 0 bridgehead atoms. The molecule has 8 nitrogen and oxygen atoms in total. The maximum absolute atomic E-state index is 13.3. The lowest BCUT2D eigenvalue weighted by Crippen LogP contribution is -2.43. The average molecular weight is 547 g/mol. The second-order valence-corrected chi connectivity index (χ2v) is 12.2. The van der Waals surface area contributed by atoms with Gasteiger partial charge in [-0.2, -0.15) is 0 Å². The van der Waals surface area contributed by atoms with Crippen LogP contribution in [0.15, 0.2) is 54.9 Å². The number of hydrogen-bond acceptors (Lipinski definition) is 7. The summed E-state index contributed by atoms with van der Waals surface area (Å²) in [5.41, 5.74) is 7.85. The highest BCUT2D eigenvalue weighted by atomic mass is 16.1. The van der Waals surface area contributed by atoms with E-state index in [1.165, 1.54) is 11.1 Å². The number of nitrogens with zero attached hydrogens (tertiary/aromatic N) is 3. The zero-order valence-electron chi connectivity index (χ0n) is 23.1. The second kappa shape index (κ2) is 9.60. The largest absolute Gasteiger partial charge is 0.354 e. The van der Waals surface area contributed by atoms with Crippen LogP contribution in [0.25, 0.3) is 5.57 Å². The summed E-state index contributed by atoms with van der Waals surface area (Å²) in [6, 6.07) is 12.1. The molecule has 0 radical (unpaired) electrons. The van der Waals surface area contributed by atoms with Crippen LogP contribution in [-0.2, 0) is 5.41 Å². The SMILES string of the molecule is O=C(Nc1cnc2c(c1)C(c1ccc3c(c1)C1(CCNCC1)CC3=O)=C[C@H]1CC21)c1ccnc(N2CCNCC2)c1. The molecule has 3 aromatic rings. The van der Waals surface area contributed by atoms with Gasteiger partial charge in [-0.1, -0.05) is 18.2 Å². The number of ketones is 1. The molecule has 4 heterocycles. The van der Waals surface area contributed by atoms with E-state index in [0.717, 1.165) is 86.7 Å². The van der Waals surface area contributed by atoms with E-state index in [0.29, 0.717) is 29.5 Å². The van der Waals surface area contributed by atoms with E-state index in [1.54, 1.807) is 18.5 Å². The van der Waals surface area contributed by atoms with Crippen LogP contribution in [0.4, 0.5) is 11.5 Å². The van der Waals surface area contributed by atoms with Crippen molar-refractivity contribution >= 4 is 28.8 Å². The number of piperidine rings is 1. The Morgan fingerprint density at radius 3 is 2.66 bits per heavy atom. The molecule has 2 saturated heterocycles. The first kappa shape index (κ1) is 24.9. The van der Waals surface area contributed by atoms with Crippen molar-refractivity contribution in [3.8, 4) is 0 Å². The highest BCUT2D eigenvalue weighted by Gasteiger charge is 2.46. The van der Waals surface area contributed by atoms with Gasteiger partial charge in [-0.05, 0) is 79.2 Å². The molecule has 2 atom stereocenters. The number of nitrogens with one attached hydrogen (secondary N) is 3. The third-order valence-corrected chi connectivity index (χ3v) is 9.75. The van der Waals surface area contributed by atoms with Crippen molar-refractivity contribution in [2.45, 2.75) is 37.0 Å². The Labute approximate surface area is 239 Å². The molecule has 208 valence electrons. The Bertz CT molecular complexity index is 1600. The van der Waals surface area contributed by atoms with Gasteiger partial charge in [0.25, 0.3) is 5.91 Å². The van der Waals surface area contributed by atoms with Gasteiger partial charge in [-0.25, -0.2) is 4.98 Å². The van der Waals surface area contributed by atoms with Crippen LogP contribution >= 0.6 is 0 Å². The Kier molecular flexibility index (Phi) is 5.83. The number of Topliss-reactive ketones (excluding diaryl/α,β-unsaturated/α-hetero) is 1. The molecule has 1 amide bonds. The van der Waals surface area contributed by atoms with E-state index in [2.05, 4.69) is 50.1 Å². The average Bonchev–Trinajstić information content (AvgIpc) is 3.76. The van der Waals surface area contributed by atoms with Crippen LogP contribution in [0, 0.1) is 5.92 Å². The highest BCUT2D eigenvalue weighted by Crippen LogP contribution is 2.56. The van der Waals surface area contributed by atoms with Crippen LogP contribution in [0.5, 0.6) is 0 Å². The van der Waals surface area contributed by atoms with Crippen molar-refractivity contribution < 1.29 is 9.59 Å². The van der Waals surface area contributed by atoms with Gasteiger partial charge >= 0.3 is 0 Å². The molecule has 2 aromatic heterocycles. The lowest BCUT2D eigenvalue weighted by atomic mass is 9.73. The lowest BCUT2D eigenvalue weighted by Gasteiger charge is -2.34. The van der Waals surface area contributed by atoms with E-state index in [4.69, 9.17) is 4.98 Å². The molecule has 3 fully saturated rings. The van der Waals surface area contributed by atoms with E-state index in [1.807, 2.05) is 12.1 Å². The van der Waals surface area contributed by atoms with Gasteiger partial charge in [0, 0.05) is 66.8 Å². The Morgan fingerprint density at radius 2 is 1.80 bits per heavy atom. The number of carbonyl (C=O) groups is 2. The number of fused-ring (bicyclic) bond motifs is 5. The molecule has 41 heavy (non-hydrogen) atoms. The van der Waals surface area contributed by atoms with Gasteiger partial charge in [0.05, 0.1) is 17.6 Å². The third-order valence-electron chi connectivity index (χ3n) is 9.75. The van der Waals surface area contributed by atoms with Crippen molar-refractivity contribution in [3.63, 3.8) is 0 Å². The molecule has 5 aliphatic rings. The highest BCUT2D eigenvalue weighted by molar-refractivity contribution is 6.05. The standard InChI is InChI=1S/C33H34N6O2/c40-29-18-33(4-7-34-8-5-33)28-15-20(1-2-24(28)29)25-13-22-14-26(22)31-27(25)17-23(19-37-31)38-32(41)21-3-6-36-30(16-21)39-11-9-35-10-12-39/h1-3,6,13,15-17,19,22,26,34-35H,4-5,7-12,14,18H2,(H,38,41)/t22-,26?/m0/s1. The number of hydrogen-bond donors (Lipinski definition) is 3. The quantitative estimate of drug-likeness (QED) is 0.457. The maximum atomic E-state index is 13.3. The molecule has 1 aromatic carbocycles. The van der Waals surface area contributed by atoms with Crippen LogP contribution in [0.1, 0.15) is 74.7 Å². The minimum absolute atomic E-state index is 0.0456. The summed E-state index contributed by atoms with van der Waals surface area (Å²) in [6.45, 7) is 5.48. The molecular weight excluding hydrogens is 512 g/mol. The first-order chi connectivity index (χ1) is 20.1. The van der Waals surface area contributed by atoms with E-state index >= 15 is 0 Å². The second-order valence-electron chi connectivity index (χ2n) is 12.2. The monoisotopic (exact) mass is 546 g/mol. The number of pyridine rings is 2. The number of benzene rings is 1. The van der Waals surface area contributed by atoms with E-state index in [9.17, 15) is 9.59 Å². The van der Waals surface area contributed by atoms with Gasteiger partial charge < -0.3 is 20.9 Å². The van der Waals surface area contributed by atoms with Crippen LogP contribution in [-0.4, -0.2) is 60.9 Å². The number of rotatable bonds is 4. The lowest BCUT2D eigenvalue weighted by molar-refractivity contribution is 0.0963. The summed E-state index contributed by atoms with van der Waals surface area (Å²) in [6.07, 6.45) is 9.61. The molecule has 1 saturated carbocycles. The minimum Gasteiger partial charge on any atom is -0.354 e. The Morgan fingerprint density at radius 1 is 0.976 bits per heavy atom. The van der Waals surface area contributed by atoms with Gasteiger partial charge in [-0.3, -0.25) is 14.6 Å². The van der Waals surface area contributed by atoms with Gasteiger partial charge in [0.15, 0.2) is 5.78 Å². The number of piperazine rings is 1. The molecule has 8 heteroatoms. The van der Waals surface area contributed by atoms with Crippen LogP contribution in [0.3, 0.4) is 0 Å². The number of amides is 1. The number of anilines is 2. The molecule has 3 aliphatic carbocycles. The van der Waals surface area contributed by atoms with E-state index in [-0.39, 0.29) is 17.1 Å². The number of allylic oxidation sites excluding steroid dienone is 1. The summed E-state index contributed by atoms with van der Waals surface area (Å²) in [5.74, 6) is 1.89. The summed E-state index contributed by atoms with van der Waals surface area (Å²) in [5, 5.41) is 9.91. The van der Waals surface area contributed by atoms with Crippen molar-refractivity contribution in [1.82, 2.24) is 20.6 Å². The summed E-state index contributed by atoms with van der Waals surface area (Å²) < 4.78 is 0. The van der Waals surface area contributed by atoms with Gasteiger partial charge in [-0.15, -0.1) is 0 Å². The molecule has 1 unspecified atom stereocenters. The first-order valence-electron chi connectivity index (χ1n) is 14.9. The fourth-order valence-corrected chi connectivity index (χ4v) is 7.40. The van der Waals surface area contributed by atoms with Gasteiger partial charge in [0.2, 0.25) is 0 Å². The van der Waals surface area contributed by atoms with Crippen molar-refractivity contribution in [1.29, 1.82) is 0 Å². The zero-order chi connectivity index (χ0) is 27.6. The summed E-state index contributed by atoms with van der Waals surface area (Å²) in [7, 11) is 0. The van der Waals surface area contributed by atoms with Gasteiger partial charge in [0.1, 0.15) is 5.82 Å². The molecule has 3 N–H and O–H groups in total. The summed E-state index contributed by atoms with van der Waals surface area (Å²) in [4.78, 5) is 37.9. The van der Waals surface area contributed by atoms with E-state index < -0.39 is 0 Å². The first-order valence-corrected chi connectivity index (χ1v) is 14.9. The number of carbonyl (C=O) groups excluding carboxylic acids is 2. The predicted molar refractivity (Wildman–Crippen MR) is 159 cm³/mol. The number of aromatic nitrogens is 2. The Hall–Kier alpha value is -3.88. The van der Waals surface area contributed by atoms with Crippen molar-refractivity contribution in [2.24, 2.45) is 5.92 Å². The zero-order valence-corrected chi connectivity index (χ0v) is 23.1. The van der Waals surface area contributed by atoms with Crippen LogP contribution in [0.2, 0.25) is 0 Å². The summed E-state index contributed by atoms with van der Waals surface area (Å²) >= 11 is 0. The Balaban J connectivity index is 1.10. The molecule has 1 spiro atoms. The molecule has 2 aliphatic heterocycles. The maximum Gasteiger partial charge on any atom is 0.255 e. The molecular formula is C33H34N6O2. The van der Waals surface area contributed by atoms with Crippen molar-refractivity contribution in [2.75, 3.05) is 49.5 Å². The van der Waals surface area contributed by atoms with Crippen LogP contribution < -0.4 is 20.9 Å². The third kappa shape index (κ3) is 4.28. The predicted octanol–water partition coefficient (Wildman–Crippen LogP) is 3.89. The topological polar surface area (TPSA) is 99.2 Å². The fourth-order valence-electron chi connectivity index (χ4n) is 7.40. The smallest absolute Gasteiger partial charge is 0.255 e. The van der Waals surface area contributed by atoms with Crippen molar-refractivity contribution in [3.05, 3.63) is 88.4 Å². The normalized spacial score (nSPS) is 23.9. The molecule has 8 rings (SSSR count).